The van der Waals surface area contributed by atoms with Gasteiger partial charge in [-0.25, -0.2) is 8.42 Å². The van der Waals surface area contributed by atoms with E-state index in [4.69, 9.17) is 0 Å². The van der Waals surface area contributed by atoms with E-state index < -0.39 is 9.84 Å². The molecule has 74 valence electrons. The molecule has 0 heterocycles. The van der Waals surface area contributed by atoms with Crippen molar-refractivity contribution in [3.63, 3.8) is 0 Å². The van der Waals surface area contributed by atoms with Crippen LogP contribution in [0.5, 0.6) is 0 Å². The van der Waals surface area contributed by atoms with Crippen molar-refractivity contribution < 1.29 is 8.42 Å². The third-order valence-corrected chi connectivity index (χ3v) is 3.82. The van der Waals surface area contributed by atoms with E-state index in [1.807, 2.05) is 7.05 Å². The van der Waals surface area contributed by atoms with Gasteiger partial charge in [-0.1, -0.05) is 6.92 Å². The Morgan fingerprint density at radius 3 is 2.42 bits per heavy atom. The van der Waals surface area contributed by atoms with Gasteiger partial charge in [0.2, 0.25) is 0 Å². The maximum atomic E-state index is 11.0. The Kier molecular flexibility index (Phi) is 5.50. The van der Waals surface area contributed by atoms with Gasteiger partial charge in [0.1, 0.15) is 9.84 Å². The van der Waals surface area contributed by atoms with Gasteiger partial charge >= 0.3 is 0 Å². The number of hydrogen-bond acceptors (Lipinski definition) is 3. The molecule has 0 spiro atoms. The third kappa shape index (κ3) is 5.55. The summed E-state index contributed by atoms with van der Waals surface area (Å²) in [5, 5.41) is 3.07. The standard InChI is InChI=1S/C8H19NO2S/c1-4-12(10,11)7-5-6-8(2)9-3/h8-9H,4-7H2,1-3H3. The molecule has 12 heavy (non-hydrogen) atoms. The van der Waals surface area contributed by atoms with Gasteiger partial charge in [-0.15, -0.1) is 0 Å². The normalized spacial score (nSPS) is 14.6. The molecule has 0 aliphatic carbocycles. The third-order valence-electron chi connectivity index (χ3n) is 2.03. The second kappa shape index (κ2) is 5.54. The van der Waals surface area contributed by atoms with Crippen LogP contribution in [0.1, 0.15) is 26.7 Å². The fourth-order valence-electron chi connectivity index (χ4n) is 0.898. The zero-order valence-electron chi connectivity index (χ0n) is 8.13. The summed E-state index contributed by atoms with van der Waals surface area (Å²) in [6.45, 7) is 3.75. The largest absolute Gasteiger partial charge is 0.317 e. The first kappa shape index (κ1) is 11.9. The predicted molar refractivity (Wildman–Crippen MR) is 52.1 cm³/mol. The molecule has 0 saturated heterocycles. The van der Waals surface area contributed by atoms with Gasteiger partial charge in [0, 0.05) is 11.8 Å². The lowest BCUT2D eigenvalue weighted by atomic mass is 10.2. The van der Waals surface area contributed by atoms with Crippen LogP contribution < -0.4 is 5.32 Å². The molecule has 0 saturated carbocycles. The molecule has 1 unspecified atom stereocenters. The van der Waals surface area contributed by atoms with Crippen LogP contribution in [-0.2, 0) is 9.84 Å². The monoisotopic (exact) mass is 193 g/mol. The molecule has 0 aliphatic rings. The zero-order valence-corrected chi connectivity index (χ0v) is 8.95. The van der Waals surface area contributed by atoms with Gasteiger partial charge in [-0.3, -0.25) is 0 Å². The lowest BCUT2D eigenvalue weighted by Gasteiger charge is -2.08. The van der Waals surface area contributed by atoms with Crippen molar-refractivity contribution in [3.05, 3.63) is 0 Å². The van der Waals surface area contributed by atoms with Crippen molar-refractivity contribution in [2.45, 2.75) is 32.7 Å². The minimum atomic E-state index is -2.75. The SMILES string of the molecule is CCS(=O)(=O)CCCC(C)NC. The fourth-order valence-corrected chi connectivity index (χ4v) is 1.79. The van der Waals surface area contributed by atoms with E-state index in [1.165, 1.54) is 0 Å². The molecule has 0 aromatic rings. The van der Waals surface area contributed by atoms with E-state index >= 15 is 0 Å². The molecule has 0 aromatic carbocycles. The van der Waals surface area contributed by atoms with Gasteiger partial charge in [0.15, 0.2) is 0 Å². The Morgan fingerprint density at radius 2 is 2.00 bits per heavy atom. The predicted octanol–water partition coefficient (Wildman–Crippen LogP) is 0.809. The van der Waals surface area contributed by atoms with Crippen LogP contribution >= 0.6 is 0 Å². The van der Waals surface area contributed by atoms with E-state index in [9.17, 15) is 8.42 Å². The Hall–Kier alpha value is -0.0900. The molecule has 3 nitrogen and oxygen atoms in total. The Bertz CT molecular complexity index is 199. The Labute approximate surface area is 75.5 Å². The van der Waals surface area contributed by atoms with Gasteiger partial charge in [0.05, 0.1) is 5.75 Å². The van der Waals surface area contributed by atoms with Crippen LogP contribution in [0.4, 0.5) is 0 Å². The van der Waals surface area contributed by atoms with E-state index in [1.54, 1.807) is 6.92 Å². The summed E-state index contributed by atoms with van der Waals surface area (Å²) in [6.07, 6.45) is 1.69. The van der Waals surface area contributed by atoms with Gasteiger partial charge in [-0.05, 0) is 26.8 Å². The second-order valence-corrected chi connectivity index (χ2v) is 5.54. The highest BCUT2D eigenvalue weighted by Crippen LogP contribution is 2.00. The lowest BCUT2D eigenvalue weighted by molar-refractivity contribution is 0.549. The first-order valence-electron chi connectivity index (χ1n) is 4.39. The number of sulfone groups is 1. The topological polar surface area (TPSA) is 46.2 Å². The highest BCUT2D eigenvalue weighted by molar-refractivity contribution is 7.91. The Balaban J connectivity index is 3.57. The maximum absolute atomic E-state index is 11.0. The van der Waals surface area contributed by atoms with E-state index in [0.717, 1.165) is 12.8 Å². The van der Waals surface area contributed by atoms with Crippen molar-refractivity contribution in [2.75, 3.05) is 18.6 Å². The summed E-state index contributed by atoms with van der Waals surface area (Å²) in [5.41, 5.74) is 0. The van der Waals surface area contributed by atoms with Crippen LogP contribution in [0.15, 0.2) is 0 Å². The maximum Gasteiger partial charge on any atom is 0.150 e. The molecule has 1 atom stereocenters. The molecule has 0 aliphatic heterocycles. The van der Waals surface area contributed by atoms with E-state index in [2.05, 4.69) is 12.2 Å². The van der Waals surface area contributed by atoms with Crippen molar-refractivity contribution in [1.29, 1.82) is 0 Å². The zero-order chi connectivity index (χ0) is 9.61. The summed E-state index contributed by atoms with van der Waals surface area (Å²) in [7, 11) is -0.863. The van der Waals surface area contributed by atoms with Crippen molar-refractivity contribution in [1.82, 2.24) is 5.32 Å². The lowest BCUT2D eigenvalue weighted by Crippen LogP contribution is -2.22. The van der Waals surface area contributed by atoms with Crippen molar-refractivity contribution >= 4 is 9.84 Å². The summed E-state index contributed by atoms with van der Waals surface area (Å²) >= 11 is 0. The quantitative estimate of drug-likeness (QED) is 0.679. The molecule has 1 N–H and O–H groups in total. The summed E-state index contributed by atoms with van der Waals surface area (Å²) in [4.78, 5) is 0. The van der Waals surface area contributed by atoms with Crippen LogP contribution in [0.3, 0.4) is 0 Å². The minimum absolute atomic E-state index is 0.265. The van der Waals surface area contributed by atoms with Gasteiger partial charge in [-0.2, -0.15) is 0 Å². The average molecular weight is 193 g/mol. The molecular weight excluding hydrogens is 174 g/mol. The molecular formula is C8H19NO2S. The summed E-state index contributed by atoms with van der Waals surface area (Å²) in [5.74, 6) is 0.594. The van der Waals surface area contributed by atoms with Crippen molar-refractivity contribution in [2.24, 2.45) is 0 Å². The van der Waals surface area contributed by atoms with Gasteiger partial charge < -0.3 is 5.32 Å². The summed E-state index contributed by atoms with van der Waals surface area (Å²) in [6, 6.07) is 0.414. The molecule has 0 amide bonds. The van der Waals surface area contributed by atoms with Crippen LogP contribution in [0, 0.1) is 0 Å². The molecule has 0 rings (SSSR count). The highest BCUT2D eigenvalue weighted by Gasteiger charge is 2.07. The van der Waals surface area contributed by atoms with Crippen molar-refractivity contribution in [3.8, 4) is 0 Å². The smallest absolute Gasteiger partial charge is 0.150 e. The molecule has 4 heteroatoms. The Morgan fingerprint density at radius 1 is 1.42 bits per heavy atom. The first-order valence-corrected chi connectivity index (χ1v) is 6.21. The number of nitrogens with one attached hydrogen (secondary N) is 1. The number of hydrogen-bond donors (Lipinski definition) is 1. The van der Waals surface area contributed by atoms with Gasteiger partial charge in [0.25, 0.3) is 0 Å². The fraction of sp³-hybridized carbons (Fsp3) is 1.00. The molecule has 0 fully saturated rings. The second-order valence-electron chi connectivity index (χ2n) is 3.07. The highest BCUT2D eigenvalue weighted by atomic mass is 32.2. The molecule has 0 radical (unpaired) electrons. The minimum Gasteiger partial charge on any atom is -0.317 e. The summed E-state index contributed by atoms with van der Waals surface area (Å²) < 4.78 is 22.1. The molecule has 0 bridgehead atoms. The number of rotatable bonds is 6. The first-order chi connectivity index (χ1) is 5.52. The van der Waals surface area contributed by atoms with Crippen LogP contribution in [0.2, 0.25) is 0 Å². The average Bonchev–Trinajstić information content (AvgIpc) is 2.04. The van der Waals surface area contributed by atoms with Crippen LogP contribution in [-0.4, -0.2) is 33.0 Å². The molecule has 0 aromatic heterocycles. The van der Waals surface area contributed by atoms with E-state index in [-0.39, 0.29) is 5.75 Å². The van der Waals surface area contributed by atoms with Crippen LogP contribution in [0.25, 0.3) is 0 Å². The van der Waals surface area contributed by atoms with E-state index in [0.29, 0.717) is 11.8 Å².